The van der Waals surface area contributed by atoms with Crippen LogP contribution in [0, 0.1) is 0 Å². The Kier molecular flexibility index (Phi) is 5.48. The maximum atomic E-state index is 12.2. The highest BCUT2D eigenvalue weighted by molar-refractivity contribution is 7.16. The van der Waals surface area contributed by atoms with Crippen LogP contribution in [-0.2, 0) is 6.54 Å². The summed E-state index contributed by atoms with van der Waals surface area (Å²) < 4.78 is 41.2. The molecule has 0 fully saturated rings. The summed E-state index contributed by atoms with van der Waals surface area (Å²) in [6, 6.07) is 6.17. The Balaban J connectivity index is 1.96. The number of hydrogen-bond acceptors (Lipinski definition) is 4. The van der Waals surface area contributed by atoms with Crippen molar-refractivity contribution in [3.8, 4) is 5.88 Å². The molecule has 0 N–H and O–H groups in total. The number of halogens is 4. The number of amides is 1. The fraction of sp³-hybridized carbons (Fsp3) is 0.286. The first-order chi connectivity index (χ1) is 10.7. The Morgan fingerprint density at radius 2 is 2.09 bits per heavy atom. The van der Waals surface area contributed by atoms with Gasteiger partial charge in [-0.3, -0.25) is 4.79 Å². The zero-order valence-corrected chi connectivity index (χ0v) is 13.5. The van der Waals surface area contributed by atoms with Crippen molar-refractivity contribution in [1.29, 1.82) is 0 Å². The molecule has 2 rings (SSSR count). The summed E-state index contributed by atoms with van der Waals surface area (Å²) in [7, 11) is 1.62. The summed E-state index contributed by atoms with van der Waals surface area (Å²) in [5.74, 6) is -0.490. The molecule has 23 heavy (non-hydrogen) atoms. The van der Waals surface area contributed by atoms with Gasteiger partial charge in [0, 0.05) is 24.2 Å². The Bertz CT molecular complexity index is 673. The first-order valence-corrected chi connectivity index (χ1v) is 7.59. The van der Waals surface area contributed by atoms with Crippen LogP contribution in [0.15, 0.2) is 30.5 Å². The SMILES string of the molecule is CN(Cc1ccc(Cl)s1)C(=O)c1ccc(OCC(F)(F)F)nc1. The van der Waals surface area contributed by atoms with Gasteiger partial charge in [0.05, 0.1) is 16.4 Å². The predicted octanol–water partition coefficient (Wildman–Crippen LogP) is 4.01. The van der Waals surface area contributed by atoms with E-state index in [0.29, 0.717) is 10.9 Å². The molecule has 0 saturated heterocycles. The molecule has 124 valence electrons. The minimum absolute atomic E-state index is 0.188. The number of ether oxygens (including phenoxy) is 1. The zero-order chi connectivity index (χ0) is 17.0. The van der Waals surface area contributed by atoms with Crippen molar-refractivity contribution in [3.05, 3.63) is 45.2 Å². The molecule has 0 aliphatic carbocycles. The average molecular weight is 365 g/mol. The van der Waals surface area contributed by atoms with E-state index in [1.54, 1.807) is 13.1 Å². The summed E-state index contributed by atoms with van der Waals surface area (Å²) in [5.41, 5.74) is 0.259. The molecule has 0 radical (unpaired) electrons. The first kappa shape index (κ1) is 17.6. The zero-order valence-electron chi connectivity index (χ0n) is 11.9. The van der Waals surface area contributed by atoms with Crippen molar-refractivity contribution in [3.63, 3.8) is 0 Å². The van der Waals surface area contributed by atoms with E-state index < -0.39 is 12.8 Å². The lowest BCUT2D eigenvalue weighted by molar-refractivity contribution is -0.154. The minimum atomic E-state index is -4.43. The molecule has 0 aromatic carbocycles. The summed E-state index contributed by atoms with van der Waals surface area (Å²) in [4.78, 5) is 18.3. The lowest BCUT2D eigenvalue weighted by Gasteiger charge is -2.16. The topological polar surface area (TPSA) is 42.4 Å². The number of carbonyl (C=O) groups excluding carboxylic acids is 1. The second-order valence-corrected chi connectivity index (χ2v) is 6.46. The number of rotatable bonds is 5. The normalized spacial score (nSPS) is 11.3. The van der Waals surface area contributed by atoms with Gasteiger partial charge in [0.25, 0.3) is 5.91 Å². The van der Waals surface area contributed by atoms with Crippen molar-refractivity contribution >= 4 is 28.8 Å². The average Bonchev–Trinajstić information content (AvgIpc) is 2.89. The van der Waals surface area contributed by atoms with Gasteiger partial charge in [-0.2, -0.15) is 13.2 Å². The van der Waals surface area contributed by atoms with Crippen molar-refractivity contribution < 1.29 is 22.7 Å². The predicted molar refractivity (Wildman–Crippen MR) is 80.9 cm³/mol. The Morgan fingerprint density at radius 1 is 1.35 bits per heavy atom. The molecule has 0 unspecified atom stereocenters. The summed E-state index contributed by atoms with van der Waals surface area (Å²) in [6.45, 7) is -1.05. The van der Waals surface area contributed by atoms with Gasteiger partial charge in [-0.15, -0.1) is 11.3 Å². The van der Waals surface area contributed by atoms with Gasteiger partial charge in [-0.1, -0.05) is 11.6 Å². The standard InChI is InChI=1S/C14H12ClF3N2O2S/c1-20(7-10-3-4-11(15)23-10)13(21)9-2-5-12(19-6-9)22-8-14(16,17)18/h2-6H,7-8H2,1H3. The molecule has 0 aliphatic rings. The lowest BCUT2D eigenvalue weighted by atomic mass is 10.2. The van der Waals surface area contributed by atoms with Crippen LogP contribution in [0.4, 0.5) is 13.2 Å². The van der Waals surface area contributed by atoms with Crippen LogP contribution >= 0.6 is 22.9 Å². The van der Waals surface area contributed by atoms with Crippen LogP contribution in [0.1, 0.15) is 15.2 Å². The lowest BCUT2D eigenvalue weighted by Crippen LogP contribution is -2.26. The molecular formula is C14H12ClF3N2O2S. The molecule has 0 atom stereocenters. The van der Waals surface area contributed by atoms with E-state index in [9.17, 15) is 18.0 Å². The third-order valence-electron chi connectivity index (χ3n) is 2.74. The van der Waals surface area contributed by atoms with Crippen LogP contribution in [0.2, 0.25) is 4.34 Å². The number of alkyl halides is 3. The van der Waals surface area contributed by atoms with Gasteiger partial charge in [0.1, 0.15) is 0 Å². The van der Waals surface area contributed by atoms with E-state index in [0.717, 1.165) is 4.88 Å². The highest BCUT2D eigenvalue weighted by atomic mass is 35.5. The molecule has 4 nitrogen and oxygen atoms in total. The minimum Gasteiger partial charge on any atom is -0.468 e. The largest absolute Gasteiger partial charge is 0.468 e. The van der Waals surface area contributed by atoms with Crippen molar-refractivity contribution in [1.82, 2.24) is 9.88 Å². The molecule has 0 saturated carbocycles. The third kappa shape index (κ3) is 5.40. The maximum Gasteiger partial charge on any atom is 0.422 e. The first-order valence-electron chi connectivity index (χ1n) is 6.40. The Morgan fingerprint density at radius 3 is 2.61 bits per heavy atom. The van der Waals surface area contributed by atoms with Crippen LogP contribution < -0.4 is 4.74 Å². The highest BCUT2D eigenvalue weighted by Crippen LogP contribution is 2.23. The Labute approximate surface area is 139 Å². The molecule has 1 amide bonds. The maximum absolute atomic E-state index is 12.2. The Hall–Kier alpha value is -1.80. The van der Waals surface area contributed by atoms with E-state index in [4.69, 9.17) is 11.6 Å². The molecule has 2 aromatic rings. The van der Waals surface area contributed by atoms with Crippen molar-refractivity contribution in [2.75, 3.05) is 13.7 Å². The van der Waals surface area contributed by atoms with E-state index in [-0.39, 0.29) is 17.4 Å². The monoisotopic (exact) mass is 364 g/mol. The number of thiophene rings is 1. The second kappa shape index (κ2) is 7.18. The van der Waals surface area contributed by atoms with Gasteiger partial charge < -0.3 is 9.64 Å². The van der Waals surface area contributed by atoms with E-state index in [1.165, 1.54) is 34.6 Å². The van der Waals surface area contributed by atoms with E-state index in [1.807, 2.05) is 6.07 Å². The molecular weight excluding hydrogens is 353 g/mol. The van der Waals surface area contributed by atoms with E-state index in [2.05, 4.69) is 9.72 Å². The van der Waals surface area contributed by atoms with Crippen molar-refractivity contribution in [2.45, 2.75) is 12.7 Å². The fourth-order valence-corrected chi connectivity index (χ4v) is 2.85. The van der Waals surface area contributed by atoms with Gasteiger partial charge in [0.15, 0.2) is 6.61 Å². The van der Waals surface area contributed by atoms with Crippen LogP contribution in [0.25, 0.3) is 0 Å². The van der Waals surface area contributed by atoms with Crippen LogP contribution in [0.3, 0.4) is 0 Å². The molecule has 2 heterocycles. The van der Waals surface area contributed by atoms with Crippen LogP contribution in [-0.4, -0.2) is 35.6 Å². The van der Waals surface area contributed by atoms with Gasteiger partial charge in [-0.25, -0.2) is 4.98 Å². The smallest absolute Gasteiger partial charge is 0.422 e. The molecule has 9 heteroatoms. The molecule has 0 spiro atoms. The van der Waals surface area contributed by atoms with Crippen LogP contribution in [0.5, 0.6) is 5.88 Å². The summed E-state index contributed by atoms with van der Waals surface area (Å²) in [6.07, 6.45) is -3.25. The van der Waals surface area contributed by atoms with Gasteiger partial charge in [-0.05, 0) is 18.2 Å². The quantitative estimate of drug-likeness (QED) is 0.805. The highest BCUT2D eigenvalue weighted by Gasteiger charge is 2.28. The molecule has 2 aromatic heterocycles. The second-order valence-electron chi connectivity index (χ2n) is 4.66. The number of hydrogen-bond donors (Lipinski definition) is 0. The molecule has 0 bridgehead atoms. The summed E-state index contributed by atoms with van der Waals surface area (Å²) >= 11 is 7.20. The number of pyridine rings is 1. The third-order valence-corrected chi connectivity index (χ3v) is 3.95. The number of carbonyl (C=O) groups is 1. The summed E-state index contributed by atoms with van der Waals surface area (Å²) in [5, 5.41) is 0. The van der Waals surface area contributed by atoms with E-state index >= 15 is 0 Å². The van der Waals surface area contributed by atoms with Gasteiger partial charge >= 0.3 is 6.18 Å². The molecule has 0 aliphatic heterocycles. The van der Waals surface area contributed by atoms with Crippen molar-refractivity contribution in [2.24, 2.45) is 0 Å². The number of aromatic nitrogens is 1. The number of nitrogens with zero attached hydrogens (tertiary/aromatic N) is 2. The fourth-order valence-electron chi connectivity index (χ4n) is 1.71. The van der Waals surface area contributed by atoms with Gasteiger partial charge in [0.2, 0.25) is 5.88 Å².